The van der Waals surface area contributed by atoms with Gasteiger partial charge in [0.1, 0.15) is 5.75 Å². The second kappa shape index (κ2) is 7.98. The van der Waals surface area contributed by atoms with Crippen LogP contribution < -0.4 is 10.1 Å². The summed E-state index contributed by atoms with van der Waals surface area (Å²) in [5, 5.41) is 3.42. The van der Waals surface area contributed by atoms with Gasteiger partial charge in [-0.25, -0.2) is 0 Å². The summed E-state index contributed by atoms with van der Waals surface area (Å²) >= 11 is 0. The lowest BCUT2D eigenvalue weighted by molar-refractivity contribution is -0.0508. The quantitative estimate of drug-likeness (QED) is 0.881. The Kier molecular flexibility index (Phi) is 6.46. The average molecular weight is 361 g/mol. The Morgan fingerprint density at radius 3 is 2.50 bits per heavy atom. The van der Waals surface area contributed by atoms with Crippen LogP contribution in [0.1, 0.15) is 36.0 Å². The number of aryl methyl sites for hydroxylation is 2. The molecule has 3 nitrogen and oxygen atoms in total. The van der Waals surface area contributed by atoms with E-state index in [2.05, 4.69) is 10.2 Å². The molecule has 24 heavy (non-hydrogen) atoms. The number of benzene rings is 1. The molecule has 6 heteroatoms. The molecule has 0 atom stereocenters. The van der Waals surface area contributed by atoms with Crippen molar-refractivity contribution in [3.63, 3.8) is 0 Å². The van der Waals surface area contributed by atoms with E-state index >= 15 is 0 Å². The summed E-state index contributed by atoms with van der Waals surface area (Å²) in [7, 11) is 0. The van der Waals surface area contributed by atoms with Crippen molar-refractivity contribution in [1.29, 1.82) is 0 Å². The van der Waals surface area contributed by atoms with Crippen LogP contribution in [0, 0.1) is 19.3 Å². The summed E-state index contributed by atoms with van der Waals surface area (Å²) in [5.41, 5.74) is 3.41. The molecule has 2 fully saturated rings. The monoisotopic (exact) mass is 360 g/mol. The molecule has 2 aliphatic rings. The van der Waals surface area contributed by atoms with E-state index in [4.69, 9.17) is 4.74 Å². The van der Waals surface area contributed by atoms with Crippen LogP contribution in [-0.2, 0) is 6.54 Å². The highest BCUT2D eigenvalue weighted by molar-refractivity contribution is 5.85. The Morgan fingerprint density at radius 1 is 1.17 bits per heavy atom. The average Bonchev–Trinajstić information content (AvgIpc) is 2.87. The Balaban J connectivity index is 0.00000208. The van der Waals surface area contributed by atoms with Crippen LogP contribution in [-0.4, -0.2) is 37.7 Å². The minimum atomic E-state index is -2.77. The van der Waals surface area contributed by atoms with Gasteiger partial charge in [0.2, 0.25) is 0 Å². The van der Waals surface area contributed by atoms with Gasteiger partial charge in [0.05, 0.1) is 0 Å². The molecule has 1 aromatic rings. The molecule has 1 spiro atoms. The lowest BCUT2D eigenvalue weighted by atomic mass is 9.78. The summed E-state index contributed by atoms with van der Waals surface area (Å²) in [6, 6.07) is 3.74. The second-order valence-electron chi connectivity index (χ2n) is 7.13. The lowest BCUT2D eigenvalue weighted by Gasteiger charge is -2.34. The normalized spacial score (nSPS) is 20.4. The van der Waals surface area contributed by atoms with Crippen molar-refractivity contribution in [2.45, 2.75) is 46.3 Å². The van der Waals surface area contributed by atoms with Crippen molar-refractivity contribution in [3.8, 4) is 5.75 Å². The minimum Gasteiger partial charge on any atom is -0.434 e. The molecule has 0 radical (unpaired) electrons. The molecule has 0 aromatic heterocycles. The first-order chi connectivity index (χ1) is 11.0. The van der Waals surface area contributed by atoms with Gasteiger partial charge in [0, 0.05) is 18.7 Å². The summed E-state index contributed by atoms with van der Waals surface area (Å²) < 4.78 is 30.1. The first-order valence-corrected chi connectivity index (χ1v) is 8.45. The van der Waals surface area contributed by atoms with Gasteiger partial charge in [0.25, 0.3) is 0 Å². The van der Waals surface area contributed by atoms with E-state index in [1.165, 1.54) is 19.3 Å². The number of hydrogen-bond donors (Lipinski definition) is 1. The van der Waals surface area contributed by atoms with Crippen LogP contribution in [0.15, 0.2) is 12.1 Å². The zero-order chi connectivity index (χ0) is 16.4. The van der Waals surface area contributed by atoms with Crippen molar-refractivity contribution in [2.24, 2.45) is 5.41 Å². The smallest absolute Gasteiger partial charge is 0.387 e. The number of rotatable bonds is 4. The molecular weight excluding hydrogens is 334 g/mol. The van der Waals surface area contributed by atoms with Gasteiger partial charge in [-0.15, -0.1) is 12.4 Å². The number of nitrogens with zero attached hydrogens (tertiary/aromatic N) is 1. The van der Waals surface area contributed by atoms with E-state index in [-0.39, 0.29) is 12.4 Å². The Morgan fingerprint density at radius 2 is 1.83 bits per heavy atom. The van der Waals surface area contributed by atoms with Gasteiger partial charge in [0.15, 0.2) is 0 Å². The van der Waals surface area contributed by atoms with Gasteiger partial charge >= 0.3 is 6.61 Å². The number of ether oxygens (including phenoxy) is 1. The fourth-order valence-electron chi connectivity index (χ4n) is 3.95. The Bertz CT molecular complexity index is 562. The molecule has 0 amide bonds. The van der Waals surface area contributed by atoms with Gasteiger partial charge in [-0.1, -0.05) is 6.07 Å². The third-order valence-electron chi connectivity index (χ3n) is 5.47. The molecule has 3 rings (SSSR count). The van der Waals surface area contributed by atoms with E-state index in [1.54, 1.807) is 6.07 Å². The molecule has 0 saturated carbocycles. The van der Waals surface area contributed by atoms with Gasteiger partial charge < -0.3 is 10.1 Å². The molecule has 136 valence electrons. The van der Waals surface area contributed by atoms with Crippen LogP contribution in [0.3, 0.4) is 0 Å². The van der Waals surface area contributed by atoms with Gasteiger partial charge in [-0.3, -0.25) is 4.90 Å². The molecule has 0 unspecified atom stereocenters. The minimum absolute atomic E-state index is 0. The van der Waals surface area contributed by atoms with Gasteiger partial charge in [-0.05, 0) is 75.4 Å². The molecule has 1 N–H and O–H groups in total. The molecular formula is C18H27ClF2N2O. The molecule has 0 bridgehead atoms. The van der Waals surface area contributed by atoms with Crippen LogP contribution >= 0.6 is 12.4 Å². The van der Waals surface area contributed by atoms with Crippen molar-refractivity contribution < 1.29 is 13.5 Å². The van der Waals surface area contributed by atoms with Crippen LogP contribution in [0.4, 0.5) is 8.78 Å². The summed E-state index contributed by atoms with van der Waals surface area (Å²) in [5.74, 6) is 0.328. The number of nitrogens with one attached hydrogen (secondary N) is 1. The van der Waals surface area contributed by atoms with E-state index < -0.39 is 6.61 Å². The predicted molar refractivity (Wildman–Crippen MR) is 94.2 cm³/mol. The fourth-order valence-corrected chi connectivity index (χ4v) is 3.95. The highest BCUT2D eigenvalue weighted by Crippen LogP contribution is 2.39. The molecule has 1 aromatic carbocycles. The van der Waals surface area contributed by atoms with Crippen molar-refractivity contribution in [1.82, 2.24) is 10.2 Å². The summed E-state index contributed by atoms with van der Waals surface area (Å²) in [4.78, 5) is 2.40. The maximum absolute atomic E-state index is 12.7. The van der Waals surface area contributed by atoms with Crippen molar-refractivity contribution >= 4 is 12.4 Å². The highest BCUT2D eigenvalue weighted by Gasteiger charge is 2.38. The zero-order valence-corrected chi connectivity index (χ0v) is 15.2. The van der Waals surface area contributed by atoms with E-state index in [0.29, 0.717) is 17.7 Å². The Labute approximate surface area is 149 Å². The number of hydrogen-bond acceptors (Lipinski definition) is 3. The SMILES string of the molecule is Cc1cc(CN2CCC3(CCNCC3)C2)c(OC(F)F)cc1C.Cl. The maximum Gasteiger partial charge on any atom is 0.387 e. The Hall–Kier alpha value is -0.910. The van der Waals surface area contributed by atoms with E-state index in [0.717, 1.165) is 42.9 Å². The molecule has 2 heterocycles. The van der Waals surface area contributed by atoms with E-state index in [1.807, 2.05) is 19.9 Å². The predicted octanol–water partition coefficient (Wildman–Crippen LogP) is 3.90. The first kappa shape index (κ1) is 19.4. The third-order valence-corrected chi connectivity index (χ3v) is 5.47. The van der Waals surface area contributed by atoms with Crippen LogP contribution in [0.25, 0.3) is 0 Å². The van der Waals surface area contributed by atoms with E-state index in [9.17, 15) is 8.78 Å². The van der Waals surface area contributed by atoms with Crippen molar-refractivity contribution in [2.75, 3.05) is 26.2 Å². The fraction of sp³-hybridized carbons (Fsp3) is 0.667. The van der Waals surface area contributed by atoms with Crippen LogP contribution in [0.2, 0.25) is 0 Å². The maximum atomic E-state index is 12.7. The summed E-state index contributed by atoms with van der Waals surface area (Å²) in [6.07, 6.45) is 3.65. The summed E-state index contributed by atoms with van der Waals surface area (Å²) in [6.45, 7) is 6.16. The molecule has 0 aliphatic carbocycles. The number of halogens is 3. The van der Waals surface area contributed by atoms with Crippen molar-refractivity contribution in [3.05, 3.63) is 28.8 Å². The van der Waals surface area contributed by atoms with Crippen LogP contribution in [0.5, 0.6) is 5.75 Å². The molecule has 2 aliphatic heterocycles. The zero-order valence-electron chi connectivity index (χ0n) is 14.4. The largest absolute Gasteiger partial charge is 0.434 e. The number of alkyl halides is 2. The topological polar surface area (TPSA) is 24.5 Å². The molecule has 2 saturated heterocycles. The number of likely N-dealkylation sites (tertiary alicyclic amines) is 1. The first-order valence-electron chi connectivity index (χ1n) is 8.45. The lowest BCUT2D eigenvalue weighted by Crippen LogP contribution is -2.38. The third kappa shape index (κ3) is 4.38. The standard InChI is InChI=1S/C18H26F2N2O.ClH/c1-13-9-15(16(10-14(13)2)23-17(19)20)11-22-8-5-18(12-22)3-6-21-7-4-18;/h9-10,17,21H,3-8,11-12H2,1-2H3;1H. The second-order valence-corrected chi connectivity index (χ2v) is 7.13. The number of piperidine rings is 1. The van der Waals surface area contributed by atoms with Gasteiger partial charge in [-0.2, -0.15) is 8.78 Å². The highest BCUT2D eigenvalue weighted by atomic mass is 35.5.